The van der Waals surface area contributed by atoms with Gasteiger partial charge in [-0.1, -0.05) is 47.3 Å². The van der Waals surface area contributed by atoms with Gasteiger partial charge in [-0.15, -0.1) is 0 Å². The summed E-state index contributed by atoms with van der Waals surface area (Å²) in [6.45, 7) is 3.33. The second kappa shape index (κ2) is 6.55. The zero-order chi connectivity index (χ0) is 12.1. The van der Waals surface area contributed by atoms with Crippen molar-refractivity contribution in [2.45, 2.75) is 51.6 Å². The third-order valence-electron chi connectivity index (χ3n) is 3.90. The molecule has 0 radical (unpaired) electrons. The first kappa shape index (κ1) is 13.1. The van der Waals surface area contributed by atoms with E-state index in [1.807, 2.05) is 0 Å². The molecule has 1 saturated carbocycles. The lowest BCUT2D eigenvalue weighted by molar-refractivity contribution is 0.280. The number of halogens is 1. The maximum Gasteiger partial charge on any atom is 0.0208 e. The van der Waals surface area contributed by atoms with Crippen LogP contribution in [0.1, 0.15) is 44.6 Å². The Labute approximate surface area is 113 Å². The van der Waals surface area contributed by atoms with Gasteiger partial charge in [0.25, 0.3) is 0 Å². The minimum Gasteiger partial charge on any atom is -0.310 e. The Balaban J connectivity index is 1.78. The fourth-order valence-electron chi connectivity index (χ4n) is 2.68. The summed E-state index contributed by atoms with van der Waals surface area (Å²) in [6.07, 6.45) is 7.11. The maximum atomic E-state index is 3.67. The first-order valence-electron chi connectivity index (χ1n) is 6.73. The molecule has 0 aromatic heterocycles. The second-order valence-corrected chi connectivity index (χ2v) is 6.11. The van der Waals surface area contributed by atoms with Crippen molar-refractivity contribution >= 4 is 15.9 Å². The van der Waals surface area contributed by atoms with Crippen LogP contribution < -0.4 is 5.32 Å². The molecule has 2 heteroatoms. The van der Waals surface area contributed by atoms with Crippen LogP contribution in [0, 0.1) is 5.92 Å². The lowest BCUT2D eigenvalue weighted by Crippen LogP contribution is -2.34. The van der Waals surface area contributed by atoms with Crippen LogP contribution in [0.2, 0.25) is 0 Å². The monoisotopic (exact) mass is 295 g/mol. The molecule has 1 fully saturated rings. The highest BCUT2D eigenvalue weighted by Crippen LogP contribution is 2.26. The zero-order valence-corrected chi connectivity index (χ0v) is 12.2. The maximum absolute atomic E-state index is 3.67. The zero-order valence-electron chi connectivity index (χ0n) is 10.6. The van der Waals surface area contributed by atoms with Crippen molar-refractivity contribution in [3.8, 4) is 0 Å². The Morgan fingerprint density at radius 1 is 1.18 bits per heavy atom. The van der Waals surface area contributed by atoms with Gasteiger partial charge in [0.15, 0.2) is 0 Å². The fourth-order valence-corrected chi connectivity index (χ4v) is 2.95. The van der Waals surface area contributed by atoms with Crippen LogP contribution in [-0.4, -0.2) is 6.04 Å². The molecule has 0 spiro atoms. The molecule has 0 bridgehead atoms. The Bertz CT molecular complexity index is 327. The van der Waals surface area contributed by atoms with Gasteiger partial charge in [0.2, 0.25) is 0 Å². The highest BCUT2D eigenvalue weighted by atomic mass is 79.9. The van der Waals surface area contributed by atoms with E-state index in [4.69, 9.17) is 0 Å². The summed E-state index contributed by atoms with van der Waals surface area (Å²) in [5.74, 6) is 0.888. The van der Waals surface area contributed by atoms with Crippen LogP contribution in [0.25, 0.3) is 0 Å². The van der Waals surface area contributed by atoms with Crippen molar-refractivity contribution in [2.24, 2.45) is 5.92 Å². The largest absolute Gasteiger partial charge is 0.310 e. The molecular weight excluding hydrogens is 274 g/mol. The summed E-state index contributed by atoms with van der Waals surface area (Å²) in [5.41, 5.74) is 1.37. The first-order valence-corrected chi connectivity index (χ1v) is 7.53. The Kier molecular flexibility index (Phi) is 5.05. The van der Waals surface area contributed by atoms with Crippen LogP contribution in [-0.2, 0) is 6.54 Å². The van der Waals surface area contributed by atoms with E-state index in [0.717, 1.165) is 16.9 Å². The average Bonchev–Trinajstić information content (AvgIpc) is 2.39. The van der Waals surface area contributed by atoms with Crippen LogP contribution in [0.3, 0.4) is 0 Å². The Morgan fingerprint density at radius 2 is 1.82 bits per heavy atom. The van der Waals surface area contributed by atoms with Gasteiger partial charge >= 0.3 is 0 Å². The summed E-state index contributed by atoms with van der Waals surface area (Å²) < 4.78 is 1.15. The SMILES string of the molecule is C[C@H](NCc1ccc(Br)cc1)C1CCCCC1. The van der Waals surface area contributed by atoms with Crippen molar-refractivity contribution in [3.63, 3.8) is 0 Å². The molecule has 1 aromatic carbocycles. The quantitative estimate of drug-likeness (QED) is 0.862. The third kappa shape index (κ3) is 4.11. The normalized spacial score (nSPS) is 19.2. The van der Waals surface area contributed by atoms with E-state index in [0.29, 0.717) is 6.04 Å². The minimum atomic E-state index is 0.652. The lowest BCUT2D eigenvalue weighted by Gasteiger charge is -2.28. The summed E-state index contributed by atoms with van der Waals surface area (Å²) in [5, 5.41) is 3.67. The molecule has 0 unspecified atom stereocenters. The van der Waals surface area contributed by atoms with Crippen LogP contribution in [0.4, 0.5) is 0 Å². The van der Waals surface area contributed by atoms with Gasteiger partial charge in [0.05, 0.1) is 0 Å². The van der Waals surface area contributed by atoms with E-state index in [1.54, 1.807) is 0 Å². The van der Waals surface area contributed by atoms with Crippen molar-refractivity contribution < 1.29 is 0 Å². The Hall–Kier alpha value is -0.340. The van der Waals surface area contributed by atoms with Gasteiger partial charge in [-0.3, -0.25) is 0 Å². The molecule has 1 atom stereocenters. The van der Waals surface area contributed by atoms with Gasteiger partial charge in [0.1, 0.15) is 0 Å². The summed E-state index contributed by atoms with van der Waals surface area (Å²) in [7, 11) is 0. The number of benzene rings is 1. The van der Waals surface area contributed by atoms with E-state index >= 15 is 0 Å². The fraction of sp³-hybridized carbons (Fsp3) is 0.600. The van der Waals surface area contributed by atoms with Crippen LogP contribution >= 0.6 is 15.9 Å². The van der Waals surface area contributed by atoms with E-state index in [-0.39, 0.29) is 0 Å². The number of hydrogen-bond donors (Lipinski definition) is 1. The molecule has 1 aliphatic carbocycles. The number of rotatable bonds is 4. The van der Waals surface area contributed by atoms with Gasteiger partial charge in [0, 0.05) is 17.1 Å². The predicted octanol–water partition coefficient (Wildman–Crippen LogP) is 4.51. The molecule has 0 aliphatic heterocycles. The molecule has 0 heterocycles. The van der Waals surface area contributed by atoms with Gasteiger partial charge in [-0.05, 0) is 43.4 Å². The topological polar surface area (TPSA) is 12.0 Å². The molecule has 0 saturated heterocycles. The lowest BCUT2D eigenvalue weighted by atomic mass is 9.84. The first-order chi connectivity index (χ1) is 8.25. The number of hydrogen-bond acceptors (Lipinski definition) is 1. The van der Waals surface area contributed by atoms with E-state index in [9.17, 15) is 0 Å². The molecule has 1 aliphatic rings. The van der Waals surface area contributed by atoms with E-state index in [2.05, 4.69) is 52.4 Å². The van der Waals surface area contributed by atoms with E-state index < -0.39 is 0 Å². The smallest absolute Gasteiger partial charge is 0.0208 e. The molecule has 94 valence electrons. The third-order valence-corrected chi connectivity index (χ3v) is 4.43. The molecule has 17 heavy (non-hydrogen) atoms. The van der Waals surface area contributed by atoms with Gasteiger partial charge in [-0.2, -0.15) is 0 Å². The molecule has 1 nitrogen and oxygen atoms in total. The molecule has 1 N–H and O–H groups in total. The van der Waals surface area contributed by atoms with Crippen molar-refractivity contribution in [3.05, 3.63) is 34.3 Å². The number of nitrogens with one attached hydrogen (secondary N) is 1. The minimum absolute atomic E-state index is 0.652. The summed E-state index contributed by atoms with van der Waals surface area (Å²) >= 11 is 3.47. The second-order valence-electron chi connectivity index (χ2n) is 5.19. The molecule has 2 rings (SSSR count). The Morgan fingerprint density at radius 3 is 2.47 bits per heavy atom. The van der Waals surface area contributed by atoms with Gasteiger partial charge < -0.3 is 5.32 Å². The highest BCUT2D eigenvalue weighted by Gasteiger charge is 2.19. The van der Waals surface area contributed by atoms with Gasteiger partial charge in [-0.25, -0.2) is 0 Å². The summed E-state index contributed by atoms with van der Waals surface area (Å²) in [6, 6.07) is 9.25. The van der Waals surface area contributed by atoms with Crippen molar-refractivity contribution in [1.82, 2.24) is 5.32 Å². The van der Waals surface area contributed by atoms with Crippen molar-refractivity contribution in [1.29, 1.82) is 0 Å². The van der Waals surface area contributed by atoms with Crippen molar-refractivity contribution in [2.75, 3.05) is 0 Å². The predicted molar refractivity (Wildman–Crippen MR) is 77.0 cm³/mol. The average molecular weight is 296 g/mol. The molecule has 0 amide bonds. The standard InChI is InChI=1S/C15H22BrN/c1-12(14-5-3-2-4-6-14)17-11-13-7-9-15(16)10-8-13/h7-10,12,14,17H,2-6,11H2,1H3/t12-/m0/s1. The van der Waals surface area contributed by atoms with Crippen LogP contribution in [0.15, 0.2) is 28.7 Å². The summed E-state index contributed by atoms with van der Waals surface area (Å²) in [4.78, 5) is 0. The van der Waals surface area contributed by atoms with Crippen LogP contribution in [0.5, 0.6) is 0 Å². The molecular formula is C15H22BrN. The molecule has 1 aromatic rings. The highest BCUT2D eigenvalue weighted by molar-refractivity contribution is 9.10. The van der Waals surface area contributed by atoms with E-state index in [1.165, 1.54) is 37.7 Å².